The molecule has 2 rings (SSSR count). The van der Waals surface area contributed by atoms with Crippen LogP contribution in [-0.2, 0) is 9.53 Å². The number of nitrogen functional groups attached to an aromatic ring is 1. The summed E-state index contributed by atoms with van der Waals surface area (Å²) in [5.74, 6) is 1.98. The highest BCUT2D eigenvalue weighted by Gasteiger charge is 2.27. The van der Waals surface area contributed by atoms with Crippen molar-refractivity contribution in [2.24, 2.45) is 0 Å². The van der Waals surface area contributed by atoms with E-state index in [1.165, 1.54) is 0 Å². The molecular weight excluding hydrogens is 232 g/mol. The molecule has 0 bridgehead atoms. The van der Waals surface area contributed by atoms with Crippen LogP contribution in [0, 0.1) is 6.92 Å². The van der Waals surface area contributed by atoms with Crippen molar-refractivity contribution in [3.8, 4) is 0 Å². The number of carbonyl (C=O) groups excluding carboxylic acids is 1. The summed E-state index contributed by atoms with van der Waals surface area (Å²) in [7, 11) is 0. The maximum Gasteiger partial charge on any atom is 0.325 e. The van der Waals surface area contributed by atoms with Crippen LogP contribution in [0.2, 0.25) is 0 Å². The van der Waals surface area contributed by atoms with E-state index in [1.807, 2.05) is 6.92 Å². The predicted octanol–water partition coefficient (Wildman–Crippen LogP) is 1.22. The Balaban J connectivity index is 2.08. The molecule has 3 N–H and O–H groups in total. The molecule has 18 heavy (non-hydrogen) atoms. The number of anilines is 2. The number of carbonyl (C=O) groups is 1. The molecule has 1 aliphatic carbocycles. The van der Waals surface area contributed by atoms with Gasteiger partial charge in [-0.25, -0.2) is 9.97 Å². The largest absolute Gasteiger partial charge is 0.465 e. The van der Waals surface area contributed by atoms with Crippen molar-refractivity contribution < 1.29 is 9.53 Å². The Kier molecular flexibility index (Phi) is 3.64. The number of nitrogens with two attached hydrogens (primary N) is 1. The summed E-state index contributed by atoms with van der Waals surface area (Å²) >= 11 is 0. The molecule has 1 aromatic rings. The van der Waals surface area contributed by atoms with E-state index in [-0.39, 0.29) is 12.5 Å². The Labute approximate surface area is 106 Å². The van der Waals surface area contributed by atoms with Gasteiger partial charge in [-0.2, -0.15) is 0 Å². The first-order chi connectivity index (χ1) is 8.61. The third kappa shape index (κ3) is 2.88. The predicted molar refractivity (Wildman–Crippen MR) is 68.3 cm³/mol. The Hall–Kier alpha value is -1.85. The molecule has 1 saturated carbocycles. The van der Waals surface area contributed by atoms with Gasteiger partial charge in [-0.05, 0) is 26.7 Å². The minimum Gasteiger partial charge on any atom is -0.465 e. The van der Waals surface area contributed by atoms with E-state index in [2.05, 4.69) is 15.3 Å². The first-order valence-corrected chi connectivity index (χ1v) is 6.15. The third-order valence-corrected chi connectivity index (χ3v) is 2.85. The van der Waals surface area contributed by atoms with Gasteiger partial charge in [0, 0.05) is 11.5 Å². The van der Waals surface area contributed by atoms with Gasteiger partial charge in [-0.15, -0.1) is 0 Å². The molecule has 1 aliphatic rings. The number of ether oxygens (including phenoxy) is 1. The lowest BCUT2D eigenvalue weighted by Crippen LogP contribution is -2.19. The zero-order chi connectivity index (χ0) is 13.1. The Morgan fingerprint density at radius 3 is 2.83 bits per heavy atom. The zero-order valence-electron chi connectivity index (χ0n) is 10.7. The van der Waals surface area contributed by atoms with Crippen molar-refractivity contribution in [2.75, 3.05) is 24.2 Å². The molecule has 6 heteroatoms. The van der Waals surface area contributed by atoms with Gasteiger partial charge in [0.05, 0.1) is 6.61 Å². The summed E-state index contributed by atoms with van der Waals surface area (Å²) in [4.78, 5) is 20.0. The average molecular weight is 250 g/mol. The smallest absolute Gasteiger partial charge is 0.325 e. The molecule has 0 radical (unpaired) electrons. The normalized spacial score (nSPS) is 14.3. The van der Waals surface area contributed by atoms with E-state index < -0.39 is 0 Å². The quantitative estimate of drug-likeness (QED) is 0.764. The SMILES string of the molecule is CCOC(=O)CNc1nc(C2CC2)nc(N)c1C. The fourth-order valence-electron chi connectivity index (χ4n) is 1.62. The summed E-state index contributed by atoms with van der Waals surface area (Å²) in [5, 5.41) is 2.96. The molecule has 6 nitrogen and oxygen atoms in total. The van der Waals surface area contributed by atoms with Crippen molar-refractivity contribution in [1.29, 1.82) is 0 Å². The maximum atomic E-state index is 11.3. The molecule has 0 amide bonds. The molecule has 1 heterocycles. The number of esters is 1. The lowest BCUT2D eigenvalue weighted by molar-refractivity contribution is -0.140. The van der Waals surface area contributed by atoms with E-state index >= 15 is 0 Å². The fraction of sp³-hybridized carbons (Fsp3) is 0.583. The molecule has 0 unspecified atom stereocenters. The number of aromatic nitrogens is 2. The minimum absolute atomic E-state index is 0.0925. The van der Waals surface area contributed by atoms with Gasteiger partial charge in [0.15, 0.2) is 0 Å². The van der Waals surface area contributed by atoms with Crippen LogP contribution in [0.5, 0.6) is 0 Å². The lowest BCUT2D eigenvalue weighted by Gasteiger charge is -2.11. The van der Waals surface area contributed by atoms with E-state index in [9.17, 15) is 4.79 Å². The van der Waals surface area contributed by atoms with E-state index in [0.29, 0.717) is 24.2 Å². The average Bonchev–Trinajstić information content (AvgIpc) is 3.15. The maximum absolute atomic E-state index is 11.3. The van der Waals surface area contributed by atoms with Crippen molar-refractivity contribution in [3.05, 3.63) is 11.4 Å². The minimum atomic E-state index is -0.304. The molecule has 1 aromatic heterocycles. The lowest BCUT2D eigenvalue weighted by atomic mass is 10.3. The van der Waals surface area contributed by atoms with Gasteiger partial charge in [0.25, 0.3) is 0 Å². The van der Waals surface area contributed by atoms with Gasteiger partial charge in [-0.1, -0.05) is 0 Å². The second-order valence-electron chi connectivity index (χ2n) is 4.37. The van der Waals surface area contributed by atoms with Crippen LogP contribution in [0.1, 0.15) is 37.1 Å². The van der Waals surface area contributed by atoms with E-state index in [0.717, 1.165) is 24.2 Å². The molecule has 0 aliphatic heterocycles. The Bertz CT molecular complexity index is 458. The summed E-state index contributed by atoms with van der Waals surface area (Å²) < 4.78 is 4.85. The highest BCUT2D eigenvalue weighted by molar-refractivity contribution is 5.75. The van der Waals surface area contributed by atoms with E-state index in [4.69, 9.17) is 10.5 Å². The highest BCUT2D eigenvalue weighted by atomic mass is 16.5. The summed E-state index contributed by atoms with van der Waals surface area (Å²) in [6.45, 7) is 4.07. The van der Waals surface area contributed by atoms with Crippen LogP contribution >= 0.6 is 0 Å². The van der Waals surface area contributed by atoms with Crippen molar-refractivity contribution in [3.63, 3.8) is 0 Å². The van der Waals surface area contributed by atoms with Gasteiger partial charge in [-0.3, -0.25) is 4.79 Å². The van der Waals surface area contributed by atoms with Crippen LogP contribution in [-0.4, -0.2) is 29.1 Å². The molecular formula is C12H18N4O2. The summed E-state index contributed by atoms with van der Waals surface area (Å²) in [6.07, 6.45) is 2.22. The first kappa shape index (κ1) is 12.6. The Morgan fingerprint density at radius 2 is 2.22 bits per heavy atom. The van der Waals surface area contributed by atoms with Crippen LogP contribution < -0.4 is 11.1 Å². The standard InChI is InChI=1S/C12H18N4O2/c1-3-18-9(17)6-14-11-7(2)10(13)15-12(16-11)8-4-5-8/h8H,3-6H2,1-2H3,(H3,13,14,15,16). The van der Waals surface area contributed by atoms with Gasteiger partial charge < -0.3 is 15.8 Å². The topological polar surface area (TPSA) is 90.1 Å². The molecule has 0 atom stereocenters. The molecule has 0 spiro atoms. The van der Waals surface area contributed by atoms with Crippen molar-refractivity contribution >= 4 is 17.6 Å². The van der Waals surface area contributed by atoms with Gasteiger partial charge in [0.2, 0.25) is 0 Å². The summed E-state index contributed by atoms with van der Waals surface area (Å²) in [5.41, 5.74) is 6.61. The number of hydrogen-bond acceptors (Lipinski definition) is 6. The monoisotopic (exact) mass is 250 g/mol. The van der Waals surface area contributed by atoms with Crippen LogP contribution in [0.15, 0.2) is 0 Å². The van der Waals surface area contributed by atoms with E-state index in [1.54, 1.807) is 6.92 Å². The van der Waals surface area contributed by atoms with Gasteiger partial charge >= 0.3 is 5.97 Å². The van der Waals surface area contributed by atoms with Crippen molar-refractivity contribution in [2.45, 2.75) is 32.6 Å². The number of rotatable bonds is 5. The van der Waals surface area contributed by atoms with Gasteiger partial charge in [0.1, 0.15) is 24.0 Å². The van der Waals surface area contributed by atoms with Crippen LogP contribution in [0.25, 0.3) is 0 Å². The number of nitrogens with zero attached hydrogens (tertiary/aromatic N) is 2. The molecule has 0 saturated heterocycles. The molecule has 1 fully saturated rings. The molecule has 0 aromatic carbocycles. The van der Waals surface area contributed by atoms with Crippen molar-refractivity contribution in [1.82, 2.24) is 9.97 Å². The van der Waals surface area contributed by atoms with Crippen LogP contribution in [0.3, 0.4) is 0 Å². The molecule has 98 valence electrons. The second kappa shape index (κ2) is 5.20. The highest BCUT2D eigenvalue weighted by Crippen LogP contribution is 2.39. The fourth-order valence-corrected chi connectivity index (χ4v) is 1.62. The van der Waals surface area contributed by atoms with Crippen LogP contribution in [0.4, 0.5) is 11.6 Å². The Morgan fingerprint density at radius 1 is 1.50 bits per heavy atom. The number of hydrogen-bond donors (Lipinski definition) is 2. The summed E-state index contributed by atoms with van der Waals surface area (Å²) in [6, 6.07) is 0. The zero-order valence-corrected chi connectivity index (χ0v) is 10.7. The first-order valence-electron chi connectivity index (χ1n) is 6.15. The second-order valence-corrected chi connectivity index (χ2v) is 4.37. The third-order valence-electron chi connectivity index (χ3n) is 2.85. The number of nitrogens with one attached hydrogen (secondary N) is 1.